The van der Waals surface area contributed by atoms with Gasteiger partial charge in [-0.3, -0.25) is 9.89 Å². The zero-order valence-electron chi connectivity index (χ0n) is 17.0. The van der Waals surface area contributed by atoms with Gasteiger partial charge in [-0.25, -0.2) is 8.42 Å². The molecule has 1 aromatic heterocycles. The Bertz CT molecular complexity index is 670. The Morgan fingerprint density at radius 1 is 1.36 bits per heavy atom. The Morgan fingerprint density at radius 2 is 2.14 bits per heavy atom. The molecule has 9 heteroatoms. The molecule has 0 saturated carbocycles. The van der Waals surface area contributed by atoms with Gasteiger partial charge in [0.2, 0.25) is 0 Å². The molecule has 2 heterocycles. The van der Waals surface area contributed by atoms with E-state index in [1.54, 1.807) is 6.26 Å². The number of aliphatic imine (C=N–C) groups is 1. The lowest BCUT2D eigenvalue weighted by atomic mass is 10.2. The standard InChI is InChI=1S/C19H34N4O4S/c1-17(7-16-28(2,24)25)22-19(21-9-6-18-5-3-13-27-18)20-8-4-10-23-11-14-26-15-12-23/h3,5,13,17H,4,6-12,14-16H2,1-2H3,(H2,20,21,22). The van der Waals surface area contributed by atoms with Gasteiger partial charge in [0.1, 0.15) is 15.6 Å². The normalized spacial score (nSPS) is 17.4. The van der Waals surface area contributed by atoms with Gasteiger partial charge in [0.05, 0.1) is 25.2 Å². The Balaban J connectivity index is 1.78. The van der Waals surface area contributed by atoms with E-state index < -0.39 is 9.84 Å². The van der Waals surface area contributed by atoms with Crippen molar-refractivity contribution in [1.82, 2.24) is 15.5 Å². The fraction of sp³-hybridized carbons (Fsp3) is 0.737. The molecule has 0 amide bonds. The molecule has 2 N–H and O–H groups in total. The summed E-state index contributed by atoms with van der Waals surface area (Å²) in [7, 11) is -2.96. The molecule has 0 bridgehead atoms. The largest absolute Gasteiger partial charge is 0.469 e. The molecule has 1 fully saturated rings. The lowest BCUT2D eigenvalue weighted by molar-refractivity contribution is 0.0377. The number of rotatable bonds is 11. The quantitative estimate of drug-likeness (QED) is 0.315. The van der Waals surface area contributed by atoms with Crippen LogP contribution in [0.1, 0.15) is 25.5 Å². The first-order valence-corrected chi connectivity index (χ1v) is 12.0. The Kier molecular flexibility index (Phi) is 9.80. The van der Waals surface area contributed by atoms with Crippen LogP contribution in [0, 0.1) is 0 Å². The van der Waals surface area contributed by atoms with E-state index in [0.29, 0.717) is 19.5 Å². The van der Waals surface area contributed by atoms with Crippen LogP contribution in [0.25, 0.3) is 0 Å². The topological polar surface area (TPSA) is 96.2 Å². The first-order chi connectivity index (χ1) is 13.4. The summed E-state index contributed by atoms with van der Waals surface area (Å²) in [6, 6.07) is 3.84. The van der Waals surface area contributed by atoms with Crippen molar-refractivity contribution in [1.29, 1.82) is 0 Å². The number of nitrogens with zero attached hydrogens (tertiary/aromatic N) is 2. The van der Waals surface area contributed by atoms with Crippen molar-refractivity contribution >= 4 is 15.8 Å². The second kappa shape index (κ2) is 12.1. The molecule has 0 aromatic carbocycles. The van der Waals surface area contributed by atoms with E-state index in [9.17, 15) is 8.42 Å². The molecule has 0 aliphatic carbocycles. The first-order valence-electron chi connectivity index (χ1n) is 9.97. The summed E-state index contributed by atoms with van der Waals surface area (Å²) in [6.07, 6.45) is 5.22. The summed E-state index contributed by atoms with van der Waals surface area (Å²) < 4.78 is 33.5. The summed E-state index contributed by atoms with van der Waals surface area (Å²) in [4.78, 5) is 7.06. The van der Waals surface area contributed by atoms with E-state index in [2.05, 4.69) is 20.5 Å². The zero-order valence-corrected chi connectivity index (χ0v) is 17.8. The van der Waals surface area contributed by atoms with Crippen molar-refractivity contribution in [3.8, 4) is 0 Å². The Morgan fingerprint density at radius 3 is 2.82 bits per heavy atom. The average Bonchev–Trinajstić information content (AvgIpc) is 3.17. The van der Waals surface area contributed by atoms with Gasteiger partial charge in [-0.05, 0) is 31.9 Å². The van der Waals surface area contributed by atoms with E-state index in [1.807, 2.05) is 19.1 Å². The second-order valence-electron chi connectivity index (χ2n) is 7.26. The fourth-order valence-corrected chi connectivity index (χ4v) is 3.70. The van der Waals surface area contributed by atoms with Crippen molar-refractivity contribution in [3.05, 3.63) is 24.2 Å². The van der Waals surface area contributed by atoms with Crippen molar-refractivity contribution < 1.29 is 17.6 Å². The van der Waals surface area contributed by atoms with E-state index in [4.69, 9.17) is 9.15 Å². The minimum absolute atomic E-state index is 0.0174. The minimum atomic E-state index is -2.96. The smallest absolute Gasteiger partial charge is 0.191 e. The maximum absolute atomic E-state index is 11.4. The summed E-state index contributed by atoms with van der Waals surface area (Å²) >= 11 is 0. The van der Waals surface area contributed by atoms with Gasteiger partial charge in [-0.15, -0.1) is 0 Å². The maximum Gasteiger partial charge on any atom is 0.191 e. The van der Waals surface area contributed by atoms with Gasteiger partial charge in [0.15, 0.2) is 5.96 Å². The van der Waals surface area contributed by atoms with Crippen LogP contribution in [0.4, 0.5) is 0 Å². The molecule has 1 unspecified atom stereocenters. The minimum Gasteiger partial charge on any atom is -0.469 e. The van der Waals surface area contributed by atoms with Gasteiger partial charge in [0, 0.05) is 51.4 Å². The number of guanidine groups is 1. The van der Waals surface area contributed by atoms with Crippen LogP contribution in [-0.2, 0) is 21.0 Å². The van der Waals surface area contributed by atoms with Crippen molar-refractivity contribution in [2.45, 2.75) is 32.2 Å². The molecule has 1 atom stereocenters. The molecule has 2 rings (SSSR count). The fourth-order valence-electron chi connectivity index (χ4n) is 2.92. The third-order valence-corrected chi connectivity index (χ3v) is 5.53. The van der Waals surface area contributed by atoms with Crippen LogP contribution in [0.3, 0.4) is 0 Å². The average molecular weight is 415 g/mol. The lowest BCUT2D eigenvalue weighted by Crippen LogP contribution is -2.43. The predicted molar refractivity (Wildman–Crippen MR) is 112 cm³/mol. The highest BCUT2D eigenvalue weighted by atomic mass is 32.2. The van der Waals surface area contributed by atoms with Crippen LogP contribution in [0.2, 0.25) is 0 Å². The summed E-state index contributed by atoms with van der Waals surface area (Å²) in [5.41, 5.74) is 0. The van der Waals surface area contributed by atoms with Crippen LogP contribution >= 0.6 is 0 Å². The SMILES string of the molecule is CC(CCS(C)(=O)=O)NC(=NCCCN1CCOCC1)NCCc1ccco1. The van der Waals surface area contributed by atoms with Gasteiger partial charge in [-0.1, -0.05) is 0 Å². The molecule has 1 aliphatic heterocycles. The van der Waals surface area contributed by atoms with E-state index in [1.165, 1.54) is 6.26 Å². The predicted octanol–water partition coefficient (Wildman–Crippen LogP) is 0.903. The number of ether oxygens (including phenoxy) is 1. The maximum atomic E-state index is 11.4. The Labute approximate surface area is 168 Å². The Hall–Kier alpha value is -1.58. The molecule has 0 radical (unpaired) electrons. The molecular weight excluding hydrogens is 380 g/mol. The molecule has 0 spiro atoms. The van der Waals surface area contributed by atoms with Gasteiger partial charge in [-0.2, -0.15) is 0 Å². The van der Waals surface area contributed by atoms with E-state index in [-0.39, 0.29) is 11.8 Å². The molecule has 160 valence electrons. The number of hydrogen-bond donors (Lipinski definition) is 2. The molecule has 1 aromatic rings. The number of nitrogens with one attached hydrogen (secondary N) is 2. The van der Waals surface area contributed by atoms with Gasteiger partial charge < -0.3 is 19.8 Å². The molecular formula is C19H34N4O4S. The summed E-state index contributed by atoms with van der Waals surface area (Å²) in [5, 5.41) is 6.64. The second-order valence-corrected chi connectivity index (χ2v) is 9.52. The highest BCUT2D eigenvalue weighted by molar-refractivity contribution is 7.90. The summed E-state index contributed by atoms with van der Waals surface area (Å²) in [5.74, 6) is 1.80. The van der Waals surface area contributed by atoms with Crippen LogP contribution in [0.5, 0.6) is 0 Å². The van der Waals surface area contributed by atoms with E-state index >= 15 is 0 Å². The number of hydrogen-bond acceptors (Lipinski definition) is 6. The molecule has 1 saturated heterocycles. The zero-order chi connectivity index (χ0) is 20.2. The summed E-state index contributed by atoms with van der Waals surface area (Å²) in [6.45, 7) is 7.98. The van der Waals surface area contributed by atoms with Crippen LogP contribution in [-0.4, -0.2) is 83.3 Å². The third kappa shape index (κ3) is 10.1. The van der Waals surface area contributed by atoms with Crippen LogP contribution in [0.15, 0.2) is 27.8 Å². The highest BCUT2D eigenvalue weighted by Crippen LogP contribution is 2.01. The molecule has 1 aliphatic rings. The van der Waals surface area contributed by atoms with Crippen molar-refractivity contribution in [2.75, 3.05) is 57.9 Å². The van der Waals surface area contributed by atoms with Gasteiger partial charge >= 0.3 is 0 Å². The van der Waals surface area contributed by atoms with Crippen LogP contribution < -0.4 is 10.6 Å². The monoisotopic (exact) mass is 414 g/mol. The van der Waals surface area contributed by atoms with E-state index in [0.717, 1.165) is 57.4 Å². The molecule has 8 nitrogen and oxygen atoms in total. The first kappa shape index (κ1) is 22.7. The van der Waals surface area contributed by atoms with Crippen molar-refractivity contribution in [2.24, 2.45) is 4.99 Å². The lowest BCUT2D eigenvalue weighted by Gasteiger charge is -2.26. The van der Waals surface area contributed by atoms with Gasteiger partial charge in [0.25, 0.3) is 0 Å². The molecule has 28 heavy (non-hydrogen) atoms. The number of morpholine rings is 1. The van der Waals surface area contributed by atoms with Crippen molar-refractivity contribution in [3.63, 3.8) is 0 Å². The third-order valence-electron chi connectivity index (χ3n) is 4.55. The number of sulfone groups is 1. The number of furan rings is 1. The highest BCUT2D eigenvalue weighted by Gasteiger charge is 2.11.